The molecule has 0 radical (unpaired) electrons. The van der Waals surface area contributed by atoms with Crippen molar-refractivity contribution in [2.75, 3.05) is 13.1 Å². The van der Waals surface area contributed by atoms with E-state index in [1.165, 1.54) is 0 Å². The lowest BCUT2D eigenvalue weighted by Gasteiger charge is -2.63. The van der Waals surface area contributed by atoms with Crippen LogP contribution in [0.2, 0.25) is 0 Å². The average molecular weight is 366 g/mol. The molecule has 0 unspecified atom stereocenters. The molecular formula is C22H26N2O3. The molecule has 1 heterocycles. The monoisotopic (exact) mass is 366 g/mol. The fourth-order valence-electron chi connectivity index (χ4n) is 6.73. The summed E-state index contributed by atoms with van der Waals surface area (Å²) in [6, 6.07) is 10.1. The van der Waals surface area contributed by atoms with Crippen LogP contribution in [0.1, 0.15) is 43.2 Å². The molecule has 5 nitrogen and oxygen atoms in total. The second-order valence-corrected chi connectivity index (χ2v) is 9.21. The highest BCUT2D eigenvalue weighted by Crippen LogP contribution is 2.64. The molecule has 4 saturated carbocycles. The SMILES string of the molecule is N#Cc1cccc(C2(CC(=O)N3CC(O)C3)C3CC4CC2CC(C3)C4O)c1. The Morgan fingerprint density at radius 1 is 1.15 bits per heavy atom. The number of carbonyl (C=O) groups excluding carboxylic acids is 1. The zero-order valence-electron chi connectivity index (χ0n) is 15.4. The first-order valence-electron chi connectivity index (χ1n) is 10.2. The lowest BCUT2D eigenvalue weighted by molar-refractivity contribution is -0.158. The highest BCUT2D eigenvalue weighted by molar-refractivity contribution is 5.79. The number of nitrogens with zero attached hydrogens (tertiary/aromatic N) is 2. The van der Waals surface area contributed by atoms with Crippen LogP contribution in [0.3, 0.4) is 0 Å². The first-order valence-corrected chi connectivity index (χ1v) is 10.2. The van der Waals surface area contributed by atoms with Gasteiger partial charge in [-0.05, 0) is 67.1 Å². The van der Waals surface area contributed by atoms with E-state index < -0.39 is 0 Å². The Kier molecular flexibility index (Phi) is 3.86. The Hall–Kier alpha value is -1.90. The van der Waals surface area contributed by atoms with E-state index in [1.807, 2.05) is 18.2 Å². The lowest BCUT2D eigenvalue weighted by Crippen LogP contribution is -2.62. The van der Waals surface area contributed by atoms with Crippen LogP contribution >= 0.6 is 0 Å². The molecule has 6 rings (SSSR count). The number of hydrogen-bond donors (Lipinski definition) is 2. The third-order valence-corrected chi connectivity index (χ3v) is 7.96. The van der Waals surface area contributed by atoms with Crippen LogP contribution in [0.25, 0.3) is 0 Å². The van der Waals surface area contributed by atoms with Gasteiger partial charge < -0.3 is 15.1 Å². The Morgan fingerprint density at radius 2 is 1.78 bits per heavy atom. The van der Waals surface area contributed by atoms with Gasteiger partial charge in [0.2, 0.25) is 5.91 Å². The molecule has 1 amide bonds. The Morgan fingerprint density at radius 3 is 2.33 bits per heavy atom. The van der Waals surface area contributed by atoms with E-state index in [2.05, 4.69) is 12.1 Å². The molecule has 4 bridgehead atoms. The third-order valence-electron chi connectivity index (χ3n) is 7.96. The molecule has 1 saturated heterocycles. The zero-order chi connectivity index (χ0) is 18.8. The minimum Gasteiger partial charge on any atom is -0.393 e. The Labute approximate surface area is 159 Å². The summed E-state index contributed by atoms with van der Waals surface area (Å²) in [7, 11) is 0. The first-order chi connectivity index (χ1) is 13.0. The summed E-state index contributed by atoms with van der Waals surface area (Å²) in [5.74, 6) is 1.61. The molecular weight excluding hydrogens is 340 g/mol. The molecule has 0 aromatic heterocycles. The van der Waals surface area contributed by atoms with Crippen molar-refractivity contribution in [2.45, 2.75) is 49.7 Å². The van der Waals surface area contributed by atoms with E-state index in [9.17, 15) is 20.3 Å². The number of aliphatic hydroxyl groups excluding tert-OH is 2. The number of nitriles is 1. The molecule has 0 atom stereocenters. The molecule has 0 spiro atoms. The molecule has 142 valence electrons. The summed E-state index contributed by atoms with van der Waals surface area (Å²) < 4.78 is 0. The molecule has 1 aromatic carbocycles. The topological polar surface area (TPSA) is 84.6 Å². The second kappa shape index (κ2) is 6.05. The minimum atomic E-state index is -0.388. The van der Waals surface area contributed by atoms with Gasteiger partial charge in [-0.1, -0.05) is 12.1 Å². The summed E-state index contributed by atoms with van der Waals surface area (Å²) in [5.41, 5.74) is 1.53. The number of rotatable bonds is 3. The molecule has 2 N–H and O–H groups in total. The van der Waals surface area contributed by atoms with Crippen molar-refractivity contribution < 1.29 is 15.0 Å². The molecule has 5 fully saturated rings. The van der Waals surface area contributed by atoms with E-state index in [4.69, 9.17) is 0 Å². The molecule has 5 heteroatoms. The largest absolute Gasteiger partial charge is 0.393 e. The fraction of sp³-hybridized carbons (Fsp3) is 0.636. The van der Waals surface area contributed by atoms with Crippen LogP contribution in [0, 0.1) is 35.0 Å². The van der Waals surface area contributed by atoms with Crippen molar-refractivity contribution in [3.8, 4) is 6.07 Å². The van der Waals surface area contributed by atoms with Gasteiger partial charge in [0, 0.05) is 24.9 Å². The van der Waals surface area contributed by atoms with Crippen molar-refractivity contribution in [1.82, 2.24) is 4.90 Å². The molecule has 5 aliphatic rings. The van der Waals surface area contributed by atoms with E-state index in [1.54, 1.807) is 4.90 Å². The summed E-state index contributed by atoms with van der Waals surface area (Å²) in [6.07, 6.45) is 3.78. The number of benzene rings is 1. The summed E-state index contributed by atoms with van der Waals surface area (Å²) in [5, 5.41) is 29.5. The van der Waals surface area contributed by atoms with Gasteiger partial charge in [0.15, 0.2) is 0 Å². The Balaban J connectivity index is 1.54. The van der Waals surface area contributed by atoms with E-state index in [-0.39, 0.29) is 23.5 Å². The number of hydrogen-bond acceptors (Lipinski definition) is 4. The predicted octanol–water partition coefficient (Wildman–Crippen LogP) is 1.82. The second-order valence-electron chi connectivity index (χ2n) is 9.21. The minimum absolute atomic E-state index is 0.121. The van der Waals surface area contributed by atoms with Gasteiger partial charge in [-0.25, -0.2) is 0 Å². The standard InChI is InChI=1S/C22H26N2O3/c23-10-13-2-1-3-16(4-13)22(9-20(26)24-11-19(25)12-24)17-5-14-6-18(22)8-15(7-17)21(14)27/h1-4,14-15,17-19,21,25,27H,5-9,11-12H2. The zero-order valence-corrected chi connectivity index (χ0v) is 15.4. The number of β-amino-alcohol motifs (C(OH)–C–C–N with tert-alkyl or cyclic N) is 1. The Bertz CT molecular complexity index is 778. The van der Waals surface area contributed by atoms with E-state index >= 15 is 0 Å². The van der Waals surface area contributed by atoms with Gasteiger partial charge in [-0.2, -0.15) is 5.26 Å². The van der Waals surface area contributed by atoms with Crippen LogP contribution in [0.4, 0.5) is 0 Å². The number of carbonyl (C=O) groups is 1. The number of amides is 1. The third kappa shape index (κ3) is 2.47. The van der Waals surface area contributed by atoms with Crippen LogP contribution in [-0.4, -0.2) is 46.3 Å². The molecule has 4 aliphatic carbocycles. The highest BCUT2D eigenvalue weighted by atomic mass is 16.3. The summed E-state index contributed by atoms with van der Waals surface area (Å²) in [6.45, 7) is 0.874. The lowest BCUT2D eigenvalue weighted by atomic mass is 9.42. The van der Waals surface area contributed by atoms with Gasteiger partial charge in [0.25, 0.3) is 0 Å². The van der Waals surface area contributed by atoms with Gasteiger partial charge in [0.1, 0.15) is 0 Å². The van der Waals surface area contributed by atoms with Gasteiger partial charge in [0.05, 0.1) is 23.8 Å². The smallest absolute Gasteiger partial charge is 0.223 e. The summed E-state index contributed by atoms with van der Waals surface area (Å²) >= 11 is 0. The molecule has 27 heavy (non-hydrogen) atoms. The van der Waals surface area contributed by atoms with E-state index in [0.717, 1.165) is 31.2 Å². The normalized spacial score (nSPS) is 39.9. The van der Waals surface area contributed by atoms with Gasteiger partial charge >= 0.3 is 0 Å². The maximum Gasteiger partial charge on any atom is 0.223 e. The van der Waals surface area contributed by atoms with Crippen molar-refractivity contribution in [3.05, 3.63) is 35.4 Å². The molecule has 1 aromatic rings. The molecule has 1 aliphatic heterocycles. The van der Waals surface area contributed by atoms with Crippen molar-refractivity contribution in [3.63, 3.8) is 0 Å². The van der Waals surface area contributed by atoms with Crippen LogP contribution < -0.4 is 0 Å². The van der Waals surface area contributed by atoms with Crippen LogP contribution in [0.5, 0.6) is 0 Å². The van der Waals surface area contributed by atoms with Gasteiger partial charge in [-0.3, -0.25) is 4.79 Å². The van der Waals surface area contributed by atoms with Gasteiger partial charge in [-0.15, -0.1) is 0 Å². The predicted molar refractivity (Wildman–Crippen MR) is 98.5 cm³/mol. The number of likely N-dealkylation sites (tertiary alicyclic amines) is 1. The highest BCUT2D eigenvalue weighted by Gasteiger charge is 2.61. The van der Waals surface area contributed by atoms with Crippen molar-refractivity contribution in [2.24, 2.45) is 23.7 Å². The van der Waals surface area contributed by atoms with Crippen molar-refractivity contribution >= 4 is 5.91 Å². The first kappa shape index (κ1) is 17.2. The van der Waals surface area contributed by atoms with E-state index in [0.29, 0.717) is 48.7 Å². The quantitative estimate of drug-likeness (QED) is 0.855. The maximum atomic E-state index is 13.1. The van der Waals surface area contributed by atoms with Crippen molar-refractivity contribution in [1.29, 1.82) is 5.26 Å². The van der Waals surface area contributed by atoms with Crippen LogP contribution in [0.15, 0.2) is 24.3 Å². The fourth-order valence-corrected chi connectivity index (χ4v) is 6.73. The van der Waals surface area contributed by atoms with Crippen LogP contribution in [-0.2, 0) is 10.2 Å². The maximum absolute atomic E-state index is 13.1. The average Bonchev–Trinajstić information content (AvgIpc) is 2.63. The number of aliphatic hydroxyl groups is 2. The summed E-state index contributed by atoms with van der Waals surface area (Å²) in [4.78, 5) is 14.8.